The molecule has 0 saturated heterocycles. The molecule has 0 aromatic carbocycles. The van der Waals surface area contributed by atoms with Gasteiger partial charge in [-0.1, -0.05) is 6.07 Å². The number of nitrogens with zero attached hydrogens (tertiary/aromatic N) is 4. The summed E-state index contributed by atoms with van der Waals surface area (Å²) < 4.78 is 0. The van der Waals surface area contributed by atoms with Gasteiger partial charge >= 0.3 is 39.9 Å². The van der Waals surface area contributed by atoms with Crippen molar-refractivity contribution in [1.82, 2.24) is 35.6 Å². The Kier molecular flexibility index (Phi) is 26.4. The molecule has 26 heteroatoms. The van der Waals surface area contributed by atoms with Gasteiger partial charge in [-0.25, -0.2) is 0 Å². The molecule has 1 aromatic heterocycles. The second-order valence-corrected chi connectivity index (χ2v) is 15.6. The molecule has 0 spiro atoms. The molecule has 2 rings (SSSR count). The first-order valence-electron chi connectivity index (χ1n) is 20.1. The monoisotopic (exact) mass is 1060 g/mol. The van der Waals surface area contributed by atoms with Crippen molar-refractivity contribution in [3.05, 3.63) is 29.6 Å². The molecule has 64 heavy (non-hydrogen) atoms. The van der Waals surface area contributed by atoms with Crippen LogP contribution in [0.2, 0.25) is 0 Å². The smallest absolute Gasteiger partial charge is 0.548 e. The Bertz CT molecular complexity index is 1540. The van der Waals surface area contributed by atoms with Crippen LogP contribution in [0, 0.1) is 39.9 Å². The van der Waals surface area contributed by atoms with E-state index in [0.717, 1.165) is 0 Å². The maximum atomic E-state index is 12.9. The third kappa shape index (κ3) is 17.6. The minimum Gasteiger partial charge on any atom is -0.548 e. The van der Waals surface area contributed by atoms with E-state index in [9.17, 15) is 90.0 Å². The van der Waals surface area contributed by atoms with E-state index in [1.54, 1.807) is 6.07 Å². The van der Waals surface area contributed by atoms with E-state index >= 15 is 0 Å². The van der Waals surface area contributed by atoms with Crippen molar-refractivity contribution >= 4 is 35.6 Å². The van der Waals surface area contributed by atoms with Crippen molar-refractivity contribution in [1.29, 1.82) is 0 Å². The van der Waals surface area contributed by atoms with Crippen LogP contribution in [0.15, 0.2) is 18.2 Å². The Balaban J connectivity index is 0.0000205. The fourth-order valence-corrected chi connectivity index (χ4v) is 6.78. The van der Waals surface area contributed by atoms with Gasteiger partial charge in [-0.2, -0.15) is 0 Å². The number of hydrogen-bond acceptors (Lipinski definition) is 22. The first kappa shape index (κ1) is 58.8. The van der Waals surface area contributed by atoms with E-state index in [4.69, 9.17) is 0 Å². The average Bonchev–Trinajstić information content (AvgIpc) is 3.26. The summed E-state index contributed by atoms with van der Waals surface area (Å²) in [4.78, 5) is 85.4. The van der Waals surface area contributed by atoms with Crippen LogP contribution >= 0.6 is 0 Å². The van der Waals surface area contributed by atoms with Crippen LogP contribution in [0.5, 0.6) is 0 Å². The van der Waals surface area contributed by atoms with Crippen molar-refractivity contribution in [3.63, 3.8) is 0 Å². The number of carbonyl (C=O) groups is 6. The van der Waals surface area contributed by atoms with Gasteiger partial charge in [0.25, 0.3) is 0 Å². The van der Waals surface area contributed by atoms with Crippen LogP contribution in [-0.4, -0.2) is 222 Å². The molecule has 2 bridgehead atoms. The number of aliphatic carboxylic acids is 3. The molecule has 3 unspecified atom stereocenters. The fourth-order valence-electron chi connectivity index (χ4n) is 6.78. The largest absolute Gasteiger partial charge is 3.00 e. The second kappa shape index (κ2) is 28.8. The summed E-state index contributed by atoms with van der Waals surface area (Å²) in [7, 11) is 0. The standard InChI is InChI=1S/C38H63N7O18.Gd/c46-16-36(17-47,18-48)40-30(55)7-4-27(33(58)59)43-10-12-44(28(34(60)61)5-8-31(56)41-37(19-49,20-50)21-51)14-25-2-1-3-26(39-25)15-45(13-11-43)29(35(62)63)6-9-32(57)42-38(22-52,23-53)24-54;/h1-3,27-29,46-54H,4-24H2,(H,40,55)(H,41,56)(H,42,57)(H,58,59)(H,60,61)(H,62,63);/q;+3/p-3. The zero-order chi connectivity index (χ0) is 47.4. The molecular formula is C38H60GdN7O18. The van der Waals surface area contributed by atoms with Crippen molar-refractivity contribution < 1.29 is 130 Å². The summed E-state index contributed by atoms with van der Waals surface area (Å²) in [6.07, 6.45) is -2.94. The zero-order valence-corrected chi connectivity index (χ0v) is 37.4. The number of amides is 3. The van der Waals surface area contributed by atoms with E-state index in [2.05, 4.69) is 20.9 Å². The molecule has 0 saturated carbocycles. The first-order valence-corrected chi connectivity index (χ1v) is 20.1. The molecule has 1 aliphatic heterocycles. The minimum absolute atomic E-state index is 0. The predicted molar refractivity (Wildman–Crippen MR) is 207 cm³/mol. The predicted octanol–water partition coefficient (Wildman–Crippen LogP) is -10.8. The summed E-state index contributed by atoms with van der Waals surface area (Å²) in [5, 5.41) is 132. The quantitative estimate of drug-likeness (QED) is 0.0389. The summed E-state index contributed by atoms with van der Waals surface area (Å²) in [5.74, 6) is -7.57. The zero-order valence-electron chi connectivity index (χ0n) is 35.2. The molecule has 0 aliphatic carbocycles. The summed E-state index contributed by atoms with van der Waals surface area (Å²) in [5.41, 5.74) is -4.98. The minimum atomic E-state index is -1.84. The van der Waals surface area contributed by atoms with Crippen LogP contribution in [0.25, 0.3) is 0 Å². The first-order chi connectivity index (χ1) is 29.9. The van der Waals surface area contributed by atoms with Gasteiger partial charge in [-0.05, 0) is 31.4 Å². The molecular weight excluding hydrogens is 1000 g/mol. The number of nitrogens with one attached hydrogen (secondary N) is 3. The van der Waals surface area contributed by atoms with Crippen LogP contribution in [0.3, 0.4) is 0 Å². The summed E-state index contributed by atoms with van der Waals surface area (Å²) in [6.45, 7) is -9.40. The normalized spacial score (nSPS) is 16.2. The van der Waals surface area contributed by atoms with E-state index in [1.165, 1.54) is 26.8 Å². The Morgan fingerprint density at radius 1 is 0.500 bits per heavy atom. The van der Waals surface area contributed by atoms with Gasteiger partial charge < -0.3 is 91.6 Å². The van der Waals surface area contributed by atoms with Gasteiger partial charge in [0.15, 0.2) is 0 Å². The van der Waals surface area contributed by atoms with Crippen LogP contribution in [0.4, 0.5) is 0 Å². The number of hydrogen-bond donors (Lipinski definition) is 12. The Morgan fingerprint density at radius 3 is 1.00 bits per heavy atom. The fraction of sp³-hybridized carbons (Fsp3) is 0.711. The number of carboxylic acid groups (broad SMARTS) is 3. The summed E-state index contributed by atoms with van der Waals surface area (Å²) >= 11 is 0. The molecule has 1 aromatic rings. The molecule has 363 valence electrons. The van der Waals surface area contributed by atoms with Gasteiger partial charge in [0.05, 0.1) is 101 Å². The van der Waals surface area contributed by atoms with Crippen molar-refractivity contribution in [2.75, 3.05) is 85.6 Å². The summed E-state index contributed by atoms with van der Waals surface area (Å²) in [6, 6.07) is -0.157. The van der Waals surface area contributed by atoms with E-state index in [-0.39, 0.29) is 90.6 Å². The number of rotatable bonds is 27. The van der Waals surface area contributed by atoms with E-state index < -0.39 is 168 Å². The van der Waals surface area contributed by atoms with Crippen molar-refractivity contribution in [2.24, 2.45) is 0 Å². The van der Waals surface area contributed by atoms with E-state index in [1.807, 2.05) is 0 Å². The van der Waals surface area contributed by atoms with Gasteiger partial charge in [-0.15, -0.1) is 0 Å². The number of carbonyl (C=O) groups excluding carboxylic acids is 6. The molecule has 2 heterocycles. The number of aliphatic hydroxyl groups excluding tert-OH is 9. The molecule has 1 aliphatic rings. The third-order valence-corrected chi connectivity index (χ3v) is 11.0. The van der Waals surface area contributed by atoms with Gasteiger partial charge in [0.1, 0.15) is 16.6 Å². The molecule has 0 fully saturated rings. The molecule has 3 atom stereocenters. The van der Waals surface area contributed by atoms with Crippen molar-refractivity contribution in [2.45, 2.75) is 86.4 Å². The number of aromatic nitrogens is 1. The topological polar surface area (TPSA) is 412 Å². The van der Waals surface area contributed by atoms with Crippen LogP contribution < -0.4 is 31.3 Å². The molecule has 25 nitrogen and oxygen atoms in total. The number of pyridine rings is 1. The molecule has 12 N–H and O–H groups in total. The van der Waals surface area contributed by atoms with Crippen LogP contribution in [-0.2, 0) is 41.9 Å². The van der Waals surface area contributed by atoms with Crippen LogP contribution in [0.1, 0.15) is 49.9 Å². The maximum Gasteiger partial charge on any atom is 3.00 e. The maximum absolute atomic E-state index is 12.9. The number of carboxylic acids is 3. The Morgan fingerprint density at radius 2 is 0.750 bits per heavy atom. The number of aliphatic hydroxyl groups is 9. The third-order valence-electron chi connectivity index (χ3n) is 11.0. The van der Waals surface area contributed by atoms with Crippen molar-refractivity contribution in [3.8, 4) is 0 Å². The van der Waals surface area contributed by atoms with Gasteiger partial charge in [-0.3, -0.25) is 34.1 Å². The Hall–Kier alpha value is -3.19. The second-order valence-electron chi connectivity index (χ2n) is 15.6. The molecule has 1 radical (unpaired) electrons. The molecule has 3 amide bonds. The van der Waals surface area contributed by atoms with E-state index in [0.29, 0.717) is 0 Å². The number of fused-ring (bicyclic) bond motifs is 2. The SMILES string of the molecule is O=C(CCC(C(=O)[O-])N1CCN(C(CCC(=O)NC(CO)(CO)CO)C(=O)[O-])Cc2cccc(n2)CN(C(CCC(=O)NC(CO)(CO)CO)C(=O)[O-])CC1)NC(CO)(CO)CO.[Gd+3]. The van der Waals surface area contributed by atoms with Gasteiger partial charge in [0, 0.05) is 64.6 Å². The Labute approximate surface area is 400 Å². The average molecular weight is 1060 g/mol. The van der Waals surface area contributed by atoms with Gasteiger partial charge in [0.2, 0.25) is 17.7 Å².